The van der Waals surface area contributed by atoms with E-state index in [-0.39, 0.29) is 32.6 Å². The van der Waals surface area contributed by atoms with Gasteiger partial charge in [-0.25, -0.2) is 9.69 Å². The normalized spacial score (nSPS) is 15.4. The molecule has 3 rings (SSSR count). The van der Waals surface area contributed by atoms with Crippen molar-refractivity contribution < 1.29 is 29.0 Å². The topological polar surface area (TPSA) is 116 Å². The molecule has 29 heavy (non-hydrogen) atoms. The van der Waals surface area contributed by atoms with E-state index < -0.39 is 30.4 Å². The zero-order chi connectivity index (χ0) is 21.1. The number of anilines is 1. The summed E-state index contributed by atoms with van der Waals surface area (Å²) in [4.78, 5) is 48.5. The second-order valence-electron chi connectivity index (χ2n) is 5.77. The van der Waals surface area contributed by atoms with Gasteiger partial charge in [0.15, 0.2) is 5.75 Å². The number of imide groups is 2. The van der Waals surface area contributed by atoms with E-state index in [1.54, 1.807) is 30.3 Å². The lowest BCUT2D eigenvalue weighted by Gasteiger charge is -2.26. The third-order valence-electron chi connectivity index (χ3n) is 3.78. The summed E-state index contributed by atoms with van der Waals surface area (Å²) in [7, 11) is 0. The monoisotopic (exact) mass is 433 g/mol. The Morgan fingerprint density at radius 2 is 1.72 bits per heavy atom. The second-order valence-corrected chi connectivity index (χ2v) is 6.58. The van der Waals surface area contributed by atoms with Crippen molar-refractivity contribution in [1.82, 2.24) is 5.32 Å². The fourth-order valence-corrected chi connectivity index (χ4v) is 3.18. The molecule has 1 aliphatic rings. The summed E-state index contributed by atoms with van der Waals surface area (Å²) in [5, 5.41) is 12.5. The molecule has 1 saturated heterocycles. The minimum Gasteiger partial charge on any atom is -0.546 e. The molecule has 0 atom stereocenters. The molecule has 0 radical (unpaired) electrons. The third kappa shape index (κ3) is 4.39. The Morgan fingerprint density at radius 3 is 2.31 bits per heavy atom. The van der Waals surface area contributed by atoms with Crippen LogP contribution < -0.4 is 20.1 Å². The van der Waals surface area contributed by atoms with Gasteiger partial charge in [0.1, 0.15) is 12.2 Å². The van der Waals surface area contributed by atoms with Crippen molar-refractivity contribution in [2.24, 2.45) is 0 Å². The van der Waals surface area contributed by atoms with Gasteiger partial charge in [0.2, 0.25) is 0 Å². The Bertz CT molecular complexity index is 1030. The number of barbiturate groups is 1. The molecule has 0 spiro atoms. The number of urea groups is 1. The van der Waals surface area contributed by atoms with Gasteiger partial charge in [-0.05, 0) is 35.9 Å². The predicted molar refractivity (Wildman–Crippen MR) is 102 cm³/mol. The molecule has 0 bridgehead atoms. The first-order valence-corrected chi connectivity index (χ1v) is 8.81. The van der Waals surface area contributed by atoms with Crippen molar-refractivity contribution >= 4 is 58.8 Å². The average molecular weight is 434 g/mol. The number of nitrogens with one attached hydrogen (secondary N) is 1. The van der Waals surface area contributed by atoms with E-state index in [1.807, 2.05) is 0 Å². The SMILES string of the molecule is O=C([O-])COc1c(Cl)cc(/C=C2\C(=O)NC(=O)N(c3ccccc3)C2=O)cc1Cl. The molecule has 148 valence electrons. The van der Waals surface area contributed by atoms with E-state index in [2.05, 4.69) is 5.32 Å². The molecule has 1 fully saturated rings. The van der Waals surface area contributed by atoms with Crippen molar-refractivity contribution in [2.45, 2.75) is 0 Å². The molecular formula is C19H11Cl2N2O6-. The molecule has 0 aliphatic carbocycles. The van der Waals surface area contributed by atoms with Gasteiger partial charge in [0, 0.05) is 0 Å². The van der Waals surface area contributed by atoms with Gasteiger partial charge >= 0.3 is 6.03 Å². The number of amides is 4. The van der Waals surface area contributed by atoms with Crippen molar-refractivity contribution in [2.75, 3.05) is 11.5 Å². The summed E-state index contributed by atoms with van der Waals surface area (Å²) in [5.74, 6) is -3.25. The summed E-state index contributed by atoms with van der Waals surface area (Å²) >= 11 is 12.1. The summed E-state index contributed by atoms with van der Waals surface area (Å²) in [6.07, 6.45) is 1.21. The van der Waals surface area contributed by atoms with Gasteiger partial charge < -0.3 is 14.6 Å². The first-order valence-electron chi connectivity index (χ1n) is 8.06. The highest BCUT2D eigenvalue weighted by Crippen LogP contribution is 2.35. The van der Waals surface area contributed by atoms with Crippen molar-refractivity contribution in [1.29, 1.82) is 0 Å². The van der Waals surface area contributed by atoms with Crippen molar-refractivity contribution in [3.63, 3.8) is 0 Å². The molecule has 0 saturated carbocycles. The number of hydrogen-bond donors (Lipinski definition) is 1. The largest absolute Gasteiger partial charge is 0.546 e. The number of ether oxygens (including phenoxy) is 1. The quantitative estimate of drug-likeness (QED) is 0.567. The van der Waals surface area contributed by atoms with Crippen LogP contribution in [-0.2, 0) is 14.4 Å². The van der Waals surface area contributed by atoms with E-state index in [9.17, 15) is 24.3 Å². The van der Waals surface area contributed by atoms with Crippen LogP contribution in [-0.4, -0.2) is 30.4 Å². The first kappa shape index (κ1) is 20.4. The number of carbonyl (C=O) groups excluding carboxylic acids is 4. The third-order valence-corrected chi connectivity index (χ3v) is 4.34. The van der Waals surface area contributed by atoms with Crippen LogP contribution in [0, 0.1) is 0 Å². The molecule has 0 aromatic heterocycles. The minimum absolute atomic E-state index is 0.0368. The summed E-state index contributed by atoms with van der Waals surface area (Å²) < 4.78 is 4.96. The molecule has 0 unspecified atom stereocenters. The van der Waals surface area contributed by atoms with Crippen molar-refractivity contribution in [3.8, 4) is 5.75 Å². The summed E-state index contributed by atoms with van der Waals surface area (Å²) in [5.41, 5.74) is 0.237. The number of benzene rings is 2. The number of carboxylic acids is 1. The van der Waals surface area contributed by atoms with Crippen LogP contribution in [0.25, 0.3) is 6.08 Å². The zero-order valence-corrected chi connectivity index (χ0v) is 16.0. The number of carbonyl (C=O) groups is 4. The maximum absolute atomic E-state index is 12.8. The van der Waals surface area contributed by atoms with Gasteiger partial charge in [0.05, 0.1) is 21.7 Å². The molecule has 4 amide bonds. The highest BCUT2D eigenvalue weighted by atomic mass is 35.5. The number of aliphatic carboxylic acids is 1. The fraction of sp³-hybridized carbons (Fsp3) is 0.0526. The smallest absolute Gasteiger partial charge is 0.335 e. The van der Waals surface area contributed by atoms with Crippen LogP contribution in [0.2, 0.25) is 10.0 Å². The van der Waals surface area contributed by atoms with Gasteiger partial charge in [-0.15, -0.1) is 0 Å². The van der Waals surface area contributed by atoms with Crippen LogP contribution >= 0.6 is 23.2 Å². The fourth-order valence-electron chi connectivity index (χ4n) is 2.57. The maximum atomic E-state index is 12.8. The molecule has 2 aromatic rings. The van der Waals surface area contributed by atoms with Crippen molar-refractivity contribution in [3.05, 3.63) is 63.6 Å². The van der Waals surface area contributed by atoms with Gasteiger partial charge in [-0.1, -0.05) is 41.4 Å². The van der Waals surface area contributed by atoms with Gasteiger partial charge in [-0.3, -0.25) is 14.9 Å². The molecule has 1 N–H and O–H groups in total. The van der Waals surface area contributed by atoms with E-state index in [4.69, 9.17) is 27.9 Å². The Kier molecular flexibility index (Phi) is 5.86. The lowest BCUT2D eigenvalue weighted by Crippen LogP contribution is -2.54. The van der Waals surface area contributed by atoms with Crippen LogP contribution in [0.15, 0.2) is 48.0 Å². The second kappa shape index (κ2) is 8.34. The Morgan fingerprint density at radius 1 is 1.10 bits per heavy atom. The maximum Gasteiger partial charge on any atom is 0.335 e. The first-order chi connectivity index (χ1) is 13.8. The lowest BCUT2D eigenvalue weighted by molar-refractivity contribution is -0.307. The molecule has 2 aromatic carbocycles. The summed E-state index contributed by atoms with van der Waals surface area (Å²) in [6, 6.07) is 9.87. The Balaban J connectivity index is 1.96. The Labute approximate surface area is 174 Å². The van der Waals surface area contributed by atoms with E-state index in [0.29, 0.717) is 0 Å². The number of nitrogens with zero attached hydrogens (tertiary/aromatic N) is 1. The number of hydrogen-bond acceptors (Lipinski definition) is 6. The number of halogens is 2. The lowest BCUT2D eigenvalue weighted by atomic mass is 10.1. The molecular weight excluding hydrogens is 423 g/mol. The Hall–Kier alpha value is -3.36. The van der Waals surface area contributed by atoms with E-state index in [1.165, 1.54) is 18.2 Å². The van der Waals surface area contributed by atoms with Crippen LogP contribution in [0.1, 0.15) is 5.56 Å². The van der Waals surface area contributed by atoms with E-state index in [0.717, 1.165) is 4.90 Å². The zero-order valence-electron chi connectivity index (χ0n) is 14.5. The van der Waals surface area contributed by atoms with Gasteiger partial charge in [-0.2, -0.15) is 0 Å². The standard InChI is InChI=1S/C19H12Cl2N2O6/c20-13-7-10(8-14(21)16(13)29-9-15(24)25)6-12-17(26)22-19(28)23(18(12)27)11-4-2-1-3-5-11/h1-8H,9H2,(H,24,25)(H,22,26,28)/p-1/b12-6+. The molecule has 10 heteroatoms. The highest BCUT2D eigenvalue weighted by Gasteiger charge is 2.36. The summed E-state index contributed by atoms with van der Waals surface area (Å²) in [6.45, 7) is -0.755. The molecule has 1 aliphatic heterocycles. The number of para-hydroxylation sites is 1. The highest BCUT2D eigenvalue weighted by molar-refractivity contribution is 6.40. The predicted octanol–water partition coefficient (Wildman–Crippen LogP) is 1.79. The number of carboxylic acid groups (broad SMARTS) is 1. The molecule has 8 nitrogen and oxygen atoms in total. The van der Waals surface area contributed by atoms with Crippen LogP contribution in [0.4, 0.5) is 10.5 Å². The van der Waals surface area contributed by atoms with Crippen LogP contribution in [0.3, 0.4) is 0 Å². The van der Waals surface area contributed by atoms with Crippen LogP contribution in [0.5, 0.6) is 5.75 Å². The van der Waals surface area contributed by atoms with Gasteiger partial charge in [0.25, 0.3) is 11.8 Å². The minimum atomic E-state index is -1.46. The van der Waals surface area contributed by atoms with E-state index >= 15 is 0 Å². The number of rotatable bonds is 5. The average Bonchev–Trinajstić information content (AvgIpc) is 2.65. The molecule has 1 heterocycles.